The minimum absolute atomic E-state index is 0.0722. The second-order valence-corrected chi connectivity index (χ2v) is 7.58. The summed E-state index contributed by atoms with van der Waals surface area (Å²) < 4.78 is 12.3. The summed E-state index contributed by atoms with van der Waals surface area (Å²) in [4.78, 5) is 11.9. The number of aryl methyl sites for hydroxylation is 2. The molecule has 0 aliphatic rings. The molecule has 2 aromatic carbocycles. The third kappa shape index (κ3) is 5.34. The first-order valence-electron chi connectivity index (χ1n) is 7.59. The lowest BCUT2D eigenvalue weighted by Gasteiger charge is -2.11. The SMILES string of the molecule is COc1cc(C=NNC(=O)COc2c(C)cc(Br)cc2C)cc(I)c1O. The third-order valence-corrected chi connectivity index (χ3v) is 4.73. The Morgan fingerprint density at radius 1 is 1.31 bits per heavy atom. The highest BCUT2D eigenvalue weighted by Gasteiger charge is 2.09. The Balaban J connectivity index is 1.95. The Hall–Kier alpha value is -1.81. The van der Waals surface area contributed by atoms with E-state index in [4.69, 9.17) is 9.47 Å². The number of benzene rings is 2. The monoisotopic (exact) mass is 532 g/mol. The standard InChI is InChI=1S/C18H18BrIN2O4/c1-10-4-13(19)5-11(2)18(10)26-9-16(23)22-21-8-12-6-14(20)17(24)15(7-12)25-3/h4-8,24H,9H2,1-3H3,(H,22,23). The van der Waals surface area contributed by atoms with Crippen LogP contribution in [-0.2, 0) is 4.79 Å². The number of hydrazone groups is 1. The molecule has 0 bridgehead atoms. The minimum Gasteiger partial charge on any atom is -0.504 e. The summed E-state index contributed by atoms with van der Waals surface area (Å²) in [5.41, 5.74) is 4.99. The molecule has 0 spiro atoms. The first-order chi connectivity index (χ1) is 12.3. The number of halogens is 2. The van der Waals surface area contributed by atoms with Crippen molar-refractivity contribution in [3.05, 3.63) is 49.0 Å². The van der Waals surface area contributed by atoms with Crippen LogP contribution in [0.5, 0.6) is 17.2 Å². The van der Waals surface area contributed by atoms with Crippen LogP contribution < -0.4 is 14.9 Å². The van der Waals surface area contributed by atoms with E-state index >= 15 is 0 Å². The van der Waals surface area contributed by atoms with Gasteiger partial charge in [-0.3, -0.25) is 4.79 Å². The van der Waals surface area contributed by atoms with E-state index in [0.717, 1.165) is 15.6 Å². The number of hydrogen-bond acceptors (Lipinski definition) is 5. The lowest BCUT2D eigenvalue weighted by atomic mass is 10.1. The van der Waals surface area contributed by atoms with Crippen molar-refractivity contribution in [2.75, 3.05) is 13.7 Å². The number of nitrogens with zero attached hydrogens (tertiary/aromatic N) is 1. The zero-order chi connectivity index (χ0) is 19.3. The topological polar surface area (TPSA) is 80.2 Å². The Morgan fingerprint density at radius 2 is 1.96 bits per heavy atom. The van der Waals surface area contributed by atoms with E-state index in [1.807, 2.05) is 48.6 Å². The Morgan fingerprint density at radius 3 is 2.58 bits per heavy atom. The maximum atomic E-state index is 11.9. The Labute approximate surface area is 173 Å². The fourth-order valence-corrected chi connectivity index (χ4v) is 3.61. The summed E-state index contributed by atoms with van der Waals surface area (Å²) in [5, 5.41) is 13.7. The van der Waals surface area contributed by atoms with Gasteiger partial charge in [0.1, 0.15) is 5.75 Å². The summed E-state index contributed by atoms with van der Waals surface area (Å²) in [7, 11) is 1.47. The zero-order valence-electron chi connectivity index (χ0n) is 14.5. The molecule has 1 amide bonds. The van der Waals surface area contributed by atoms with Crippen LogP contribution in [0, 0.1) is 17.4 Å². The van der Waals surface area contributed by atoms with Gasteiger partial charge in [-0.2, -0.15) is 5.10 Å². The van der Waals surface area contributed by atoms with Crippen LogP contribution in [0.15, 0.2) is 33.8 Å². The smallest absolute Gasteiger partial charge is 0.277 e. The summed E-state index contributed by atoms with van der Waals surface area (Å²) in [6, 6.07) is 7.20. The number of carbonyl (C=O) groups is 1. The van der Waals surface area contributed by atoms with E-state index in [-0.39, 0.29) is 18.3 Å². The van der Waals surface area contributed by atoms with Crippen LogP contribution in [0.25, 0.3) is 0 Å². The summed E-state index contributed by atoms with van der Waals surface area (Å²) >= 11 is 5.41. The number of carbonyl (C=O) groups excluding carboxylic acids is 1. The van der Waals surface area contributed by atoms with E-state index in [2.05, 4.69) is 26.5 Å². The summed E-state index contributed by atoms with van der Waals surface area (Å²) in [6.07, 6.45) is 1.47. The van der Waals surface area contributed by atoms with Gasteiger partial charge in [-0.05, 0) is 77.4 Å². The highest BCUT2D eigenvalue weighted by molar-refractivity contribution is 14.1. The van der Waals surface area contributed by atoms with E-state index in [1.165, 1.54) is 13.3 Å². The van der Waals surface area contributed by atoms with E-state index in [1.54, 1.807) is 12.1 Å². The average Bonchev–Trinajstić information content (AvgIpc) is 2.56. The number of amides is 1. The molecule has 0 aliphatic heterocycles. The van der Waals surface area contributed by atoms with Gasteiger partial charge in [-0.1, -0.05) is 15.9 Å². The van der Waals surface area contributed by atoms with Crippen LogP contribution in [0.2, 0.25) is 0 Å². The fourth-order valence-electron chi connectivity index (χ4n) is 2.30. The normalized spacial score (nSPS) is 10.8. The molecular formula is C18H18BrIN2O4. The van der Waals surface area contributed by atoms with Gasteiger partial charge in [0.25, 0.3) is 5.91 Å². The van der Waals surface area contributed by atoms with Crippen LogP contribution in [0.1, 0.15) is 16.7 Å². The van der Waals surface area contributed by atoms with Crippen molar-refractivity contribution in [2.24, 2.45) is 5.10 Å². The molecule has 0 fully saturated rings. The molecule has 2 N–H and O–H groups in total. The highest BCUT2D eigenvalue weighted by atomic mass is 127. The number of ether oxygens (including phenoxy) is 2. The molecule has 0 atom stereocenters. The van der Waals surface area contributed by atoms with Gasteiger partial charge in [0.05, 0.1) is 16.9 Å². The van der Waals surface area contributed by atoms with Crippen molar-refractivity contribution >= 4 is 50.6 Å². The van der Waals surface area contributed by atoms with Gasteiger partial charge in [0, 0.05) is 4.47 Å². The van der Waals surface area contributed by atoms with E-state index < -0.39 is 0 Å². The number of aromatic hydroxyl groups is 1. The minimum atomic E-state index is -0.372. The number of phenols is 1. The van der Waals surface area contributed by atoms with Crippen molar-refractivity contribution in [3.63, 3.8) is 0 Å². The molecule has 0 aromatic heterocycles. The van der Waals surface area contributed by atoms with Gasteiger partial charge in [0.15, 0.2) is 18.1 Å². The van der Waals surface area contributed by atoms with Crippen molar-refractivity contribution in [1.29, 1.82) is 0 Å². The molecule has 0 unspecified atom stereocenters. The molecule has 0 saturated heterocycles. The Bertz CT molecular complexity index is 832. The molecule has 8 heteroatoms. The number of hydrogen-bond donors (Lipinski definition) is 2. The third-order valence-electron chi connectivity index (χ3n) is 3.45. The largest absolute Gasteiger partial charge is 0.504 e. The molecule has 2 rings (SSSR count). The average molecular weight is 533 g/mol. The first kappa shape index (κ1) is 20.5. The molecule has 26 heavy (non-hydrogen) atoms. The van der Waals surface area contributed by atoms with Crippen LogP contribution in [0.4, 0.5) is 0 Å². The quantitative estimate of drug-likeness (QED) is 0.336. The molecule has 0 saturated carbocycles. The predicted molar refractivity (Wildman–Crippen MR) is 112 cm³/mol. The predicted octanol–water partition coefficient (Wildman–Crippen LogP) is 3.91. The van der Waals surface area contributed by atoms with Crippen molar-refractivity contribution < 1.29 is 19.4 Å². The molecule has 6 nitrogen and oxygen atoms in total. The van der Waals surface area contributed by atoms with Gasteiger partial charge >= 0.3 is 0 Å². The molecule has 138 valence electrons. The van der Waals surface area contributed by atoms with Crippen molar-refractivity contribution in [3.8, 4) is 17.2 Å². The summed E-state index contributed by atoms with van der Waals surface area (Å²) in [6.45, 7) is 3.70. The second-order valence-electron chi connectivity index (χ2n) is 5.50. The van der Waals surface area contributed by atoms with Crippen LogP contribution in [0.3, 0.4) is 0 Å². The lowest BCUT2D eigenvalue weighted by molar-refractivity contribution is -0.123. The second kappa shape index (κ2) is 9.22. The molecular weight excluding hydrogens is 515 g/mol. The van der Waals surface area contributed by atoms with Crippen LogP contribution in [-0.4, -0.2) is 30.9 Å². The number of phenolic OH excluding ortho intramolecular Hbond substituents is 1. The molecule has 0 radical (unpaired) electrons. The summed E-state index contributed by atoms with van der Waals surface area (Å²) in [5.74, 6) is 0.727. The highest BCUT2D eigenvalue weighted by Crippen LogP contribution is 2.31. The van der Waals surface area contributed by atoms with Gasteiger partial charge in [-0.15, -0.1) is 0 Å². The van der Waals surface area contributed by atoms with Gasteiger partial charge in [-0.25, -0.2) is 5.43 Å². The molecule has 0 aliphatic carbocycles. The maximum absolute atomic E-state index is 11.9. The zero-order valence-corrected chi connectivity index (χ0v) is 18.2. The number of nitrogens with one attached hydrogen (secondary N) is 1. The van der Waals surface area contributed by atoms with Gasteiger partial charge in [0.2, 0.25) is 0 Å². The fraction of sp³-hybridized carbons (Fsp3) is 0.222. The van der Waals surface area contributed by atoms with Crippen molar-refractivity contribution in [1.82, 2.24) is 5.43 Å². The van der Waals surface area contributed by atoms with Crippen LogP contribution >= 0.6 is 38.5 Å². The first-order valence-corrected chi connectivity index (χ1v) is 9.47. The molecule has 2 aromatic rings. The lowest BCUT2D eigenvalue weighted by Crippen LogP contribution is -2.25. The van der Waals surface area contributed by atoms with E-state index in [0.29, 0.717) is 20.6 Å². The Kier molecular flexibility index (Phi) is 7.27. The number of methoxy groups -OCH3 is 1. The van der Waals surface area contributed by atoms with Crippen molar-refractivity contribution in [2.45, 2.75) is 13.8 Å². The van der Waals surface area contributed by atoms with Gasteiger partial charge < -0.3 is 14.6 Å². The maximum Gasteiger partial charge on any atom is 0.277 e. The van der Waals surface area contributed by atoms with E-state index in [9.17, 15) is 9.90 Å². The number of rotatable bonds is 6. The molecule has 0 heterocycles.